The molecule has 0 amide bonds. The minimum absolute atomic E-state index is 0.0220. The van der Waals surface area contributed by atoms with E-state index in [0.717, 1.165) is 0 Å². The van der Waals surface area contributed by atoms with Crippen molar-refractivity contribution in [3.63, 3.8) is 0 Å². The number of Topliss-reactive ketones (excluding diaryl/α,β-unsaturated/α-hetero) is 1. The SMILES string of the molecule is O=C1CNC(OC(=O)O)C1. The molecule has 1 heterocycles. The van der Waals surface area contributed by atoms with E-state index < -0.39 is 12.4 Å². The zero-order valence-electron chi connectivity index (χ0n) is 5.16. The monoisotopic (exact) mass is 145 g/mol. The van der Waals surface area contributed by atoms with Gasteiger partial charge in [-0.15, -0.1) is 0 Å². The van der Waals surface area contributed by atoms with Gasteiger partial charge in [-0.25, -0.2) is 4.79 Å². The Morgan fingerprint density at radius 3 is 2.90 bits per heavy atom. The molecule has 2 N–H and O–H groups in total. The predicted molar refractivity (Wildman–Crippen MR) is 30.5 cm³/mol. The fourth-order valence-corrected chi connectivity index (χ4v) is 0.784. The molecule has 10 heavy (non-hydrogen) atoms. The molecule has 1 fully saturated rings. The Hall–Kier alpha value is -1.10. The largest absolute Gasteiger partial charge is 0.507 e. The first-order valence-corrected chi connectivity index (χ1v) is 2.83. The molecule has 1 atom stereocenters. The summed E-state index contributed by atoms with van der Waals surface area (Å²) in [6.45, 7) is 0.206. The first-order chi connectivity index (χ1) is 4.68. The van der Waals surface area contributed by atoms with E-state index in [1.165, 1.54) is 0 Å². The van der Waals surface area contributed by atoms with E-state index in [-0.39, 0.29) is 18.7 Å². The van der Waals surface area contributed by atoms with Gasteiger partial charge in [0, 0.05) is 0 Å². The molecule has 1 aliphatic heterocycles. The summed E-state index contributed by atoms with van der Waals surface area (Å²) in [6.07, 6.45) is -1.84. The summed E-state index contributed by atoms with van der Waals surface area (Å²) in [5.41, 5.74) is 0. The molecule has 1 aliphatic rings. The van der Waals surface area contributed by atoms with Crippen LogP contribution in [0.1, 0.15) is 6.42 Å². The van der Waals surface area contributed by atoms with Crippen LogP contribution in [0.5, 0.6) is 0 Å². The van der Waals surface area contributed by atoms with Crippen molar-refractivity contribution in [2.24, 2.45) is 0 Å². The van der Waals surface area contributed by atoms with Crippen LogP contribution in [0.3, 0.4) is 0 Å². The summed E-state index contributed by atoms with van der Waals surface area (Å²) in [4.78, 5) is 20.4. The first-order valence-electron chi connectivity index (χ1n) is 2.83. The Morgan fingerprint density at radius 2 is 2.50 bits per heavy atom. The van der Waals surface area contributed by atoms with E-state index in [0.29, 0.717) is 0 Å². The van der Waals surface area contributed by atoms with Crippen molar-refractivity contribution in [3.05, 3.63) is 0 Å². The van der Waals surface area contributed by atoms with Crippen molar-refractivity contribution in [1.82, 2.24) is 5.32 Å². The van der Waals surface area contributed by atoms with Crippen LogP contribution in [0.4, 0.5) is 4.79 Å². The van der Waals surface area contributed by atoms with E-state index in [2.05, 4.69) is 10.1 Å². The summed E-state index contributed by atoms with van der Waals surface area (Å²) in [5.74, 6) is -0.0220. The molecule has 0 radical (unpaired) electrons. The van der Waals surface area contributed by atoms with E-state index in [9.17, 15) is 9.59 Å². The highest BCUT2D eigenvalue weighted by atomic mass is 16.7. The van der Waals surface area contributed by atoms with Crippen LogP contribution in [0.2, 0.25) is 0 Å². The van der Waals surface area contributed by atoms with Gasteiger partial charge in [0.25, 0.3) is 0 Å². The van der Waals surface area contributed by atoms with Crippen molar-refractivity contribution in [2.75, 3.05) is 6.54 Å². The van der Waals surface area contributed by atoms with Gasteiger partial charge < -0.3 is 9.84 Å². The van der Waals surface area contributed by atoms with Gasteiger partial charge in [0.2, 0.25) is 0 Å². The maximum Gasteiger partial charge on any atom is 0.507 e. The van der Waals surface area contributed by atoms with Crippen LogP contribution in [-0.2, 0) is 9.53 Å². The lowest BCUT2D eigenvalue weighted by Gasteiger charge is -2.05. The molecule has 0 aromatic carbocycles. The number of ether oxygens (including phenoxy) is 1. The highest BCUT2D eigenvalue weighted by Gasteiger charge is 2.23. The molecule has 0 saturated carbocycles. The van der Waals surface area contributed by atoms with Crippen LogP contribution in [0, 0.1) is 0 Å². The summed E-state index contributed by atoms with van der Waals surface area (Å²) >= 11 is 0. The third-order valence-corrected chi connectivity index (χ3v) is 1.18. The molecule has 0 aromatic heterocycles. The molecule has 1 unspecified atom stereocenters. The number of rotatable bonds is 1. The molecule has 0 aromatic rings. The Labute approximate surface area is 57.0 Å². The Morgan fingerprint density at radius 1 is 1.80 bits per heavy atom. The molecular weight excluding hydrogens is 138 g/mol. The van der Waals surface area contributed by atoms with Gasteiger partial charge in [0.05, 0.1) is 13.0 Å². The lowest BCUT2D eigenvalue weighted by atomic mass is 10.3. The number of hydrogen-bond acceptors (Lipinski definition) is 4. The Bertz CT molecular complexity index is 167. The fraction of sp³-hybridized carbons (Fsp3) is 0.600. The van der Waals surface area contributed by atoms with Crippen molar-refractivity contribution < 1.29 is 19.4 Å². The number of carbonyl (C=O) groups is 2. The standard InChI is InChI=1S/C5H7NO4/c7-3-1-4(6-2-3)10-5(8)9/h4,6H,1-2H2,(H,8,9). The third-order valence-electron chi connectivity index (χ3n) is 1.18. The number of carbonyl (C=O) groups excluding carboxylic acids is 1. The van der Waals surface area contributed by atoms with E-state index in [4.69, 9.17) is 5.11 Å². The van der Waals surface area contributed by atoms with E-state index in [1.54, 1.807) is 0 Å². The topological polar surface area (TPSA) is 75.6 Å². The molecule has 0 aliphatic carbocycles. The predicted octanol–water partition coefficient (Wildman–Crippen LogP) is -0.431. The number of carboxylic acid groups (broad SMARTS) is 1. The van der Waals surface area contributed by atoms with Crippen LogP contribution >= 0.6 is 0 Å². The van der Waals surface area contributed by atoms with Gasteiger partial charge in [-0.3, -0.25) is 10.1 Å². The van der Waals surface area contributed by atoms with Crippen LogP contribution < -0.4 is 5.32 Å². The maximum atomic E-state index is 10.5. The second kappa shape index (κ2) is 2.66. The fourth-order valence-electron chi connectivity index (χ4n) is 0.784. The van der Waals surface area contributed by atoms with Crippen LogP contribution in [0.15, 0.2) is 0 Å². The Balaban J connectivity index is 2.31. The number of ketones is 1. The summed E-state index contributed by atoms with van der Waals surface area (Å²) in [6, 6.07) is 0. The number of hydrogen-bond donors (Lipinski definition) is 2. The molecule has 1 saturated heterocycles. The van der Waals surface area contributed by atoms with Crippen LogP contribution in [-0.4, -0.2) is 29.8 Å². The molecular formula is C5H7NO4. The average Bonchev–Trinajstić information content (AvgIpc) is 2.13. The van der Waals surface area contributed by atoms with Crippen molar-refractivity contribution in [3.8, 4) is 0 Å². The van der Waals surface area contributed by atoms with Gasteiger partial charge in [-0.2, -0.15) is 0 Å². The lowest BCUT2D eigenvalue weighted by Crippen LogP contribution is -2.26. The molecule has 5 heteroatoms. The van der Waals surface area contributed by atoms with Gasteiger partial charge in [0.15, 0.2) is 12.0 Å². The smallest absolute Gasteiger partial charge is 0.450 e. The normalized spacial score (nSPS) is 24.8. The van der Waals surface area contributed by atoms with Crippen molar-refractivity contribution in [2.45, 2.75) is 12.6 Å². The Kier molecular flexibility index (Phi) is 1.86. The van der Waals surface area contributed by atoms with Gasteiger partial charge >= 0.3 is 6.16 Å². The number of nitrogens with one attached hydrogen (secondary N) is 1. The minimum atomic E-state index is -1.35. The molecule has 56 valence electrons. The molecule has 0 bridgehead atoms. The zero-order valence-corrected chi connectivity index (χ0v) is 5.16. The maximum absolute atomic E-state index is 10.5. The molecule has 1 rings (SSSR count). The second-order valence-electron chi connectivity index (χ2n) is 2.00. The van der Waals surface area contributed by atoms with Gasteiger partial charge in [-0.05, 0) is 0 Å². The summed E-state index contributed by atoms with van der Waals surface area (Å²) in [5, 5.41) is 10.7. The quantitative estimate of drug-likeness (QED) is 0.489. The van der Waals surface area contributed by atoms with Gasteiger partial charge in [0.1, 0.15) is 0 Å². The van der Waals surface area contributed by atoms with Crippen molar-refractivity contribution >= 4 is 11.9 Å². The van der Waals surface area contributed by atoms with Gasteiger partial charge in [-0.1, -0.05) is 0 Å². The minimum Gasteiger partial charge on any atom is -0.450 e. The third kappa shape index (κ3) is 1.70. The second-order valence-corrected chi connectivity index (χ2v) is 2.00. The summed E-state index contributed by atoms with van der Waals surface area (Å²) in [7, 11) is 0. The lowest BCUT2D eigenvalue weighted by molar-refractivity contribution is -0.116. The molecule has 5 nitrogen and oxygen atoms in total. The first kappa shape index (κ1) is 7.01. The highest BCUT2D eigenvalue weighted by molar-refractivity contribution is 5.83. The zero-order chi connectivity index (χ0) is 7.56. The van der Waals surface area contributed by atoms with Crippen molar-refractivity contribution in [1.29, 1.82) is 0 Å². The highest BCUT2D eigenvalue weighted by Crippen LogP contribution is 2.02. The van der Waals surface area contributed by atoms with E-state index in [1.807, 2.05) is 0 Å². The molecule has 0 spiro atoms. The summed E-state index contributed by atoms with van der Waals surface area (Å²) < 4.78 is 4.27. The average molecular weight is 145 g/mol. The van der Waals surface area contributed by atoms with Crippen LogP contribution in [0.25, 0.3) is 0 Å². The van der Waals surface area contributed by atoms with E-state index >= 15 is 0 Å².